The zero-order chi connectivity index (χ0) is 10.0. The Hall–Kier alpha value is -0.130. The van der Waals surface area contributed by atoms with E-state index in [0.29, 0.717) is 0 Å². The zero-order valence-corrected chi connectivity index (χ0v) is 9.15. The van der Waals surface area contributed by atoms with Crippen molar-refractivity contribution in [2.75, 3.05) is 12.3 Å². The van der Waals surface area contributed by atoms with Gasteiger partial charge in [-0.15, -0.1) is 0 Å². The molecule has 14 heavy (non-hydrogen) atoms. The third-order valence-corrected chi connectivity index (χ3v) is 4.58. The lowest BCUT2D eigenvalue weighted by Crippen LogP contribution is -2.50. The first-order valence-electron chi connectivity index (χ1n) is 5.39. The van der Waals surface area contributed by atoms with Gasteiger partial charge in [0, 0.05) is 12.1 Å². The van der Waals surface area contributed by atoms with Crippen LogP contribution in [0.2, 0.25) is 0 Å². The van der Waals surface area contributed by atoms with Crippen LogP contribution in [0.15, 0.2) is 0 Å². The van der Waals surface area contributed by atoms with Crippen molar-refractivity contribution in [2.45, 2.75) is 44.2 Å². The molecule has 1 aliphatic heterocycles. The number of rotatable bonds is 4. The molecule has 2 fully saturated rings. The van der Waals surface area contributed by atoms with Crippen molar-refractivity contribution >= 4 is 10.0 Å². The van der Waals surface area contributed by atoms with Crippen molar-refractivity contribution in [1.29, 1.82) is 0 Å². The maximum absolute atomic E-state index is 11.6. The summed E-state index contributed by atoms with van der Waals surface area (Å²) in [6, 6.07) is 0.397. The highest BCUT2D eigenvalue weighted by Gasteiger charge is 2.26. The fourth-order valence-electron chi connectivity index (χ4n) is 2.10. The van der Waals surface area contributed by atoms with Crippen LogP contribution in [0.25, 0.3) is 0 Å². The smallest absolute Gasteiger partial charge is 0.213 e. The maximum atomic E-state index is 11.6. The van der Waals surface area contributed by atoms with Crippen molar-refractivity contribution < 1.29 is 8.42 Å². The number of hydrogen-bond donors (Lipinski definition) is 2. The van der Waals surface area contributed by atoms with Crippen molar-refractivity contribution in [3.63, 3.8) is 0 Å². The molecule has 0 spiro atoms. The Balaban J connectivity index is 1.81. The first-order chi connectivity index (χ1) is 6.66. The van der Waals surface area contributed by atoms with Crippen LogP contribution in [0.3, 0.4) is 0 Å². The van der Waals surface area contributed by atoms with Gasteiger partial charge in [0.2, 0.25) is 10.0 Å². The lowest BCUT2D eigenvalue weighted by Gasteiger charge is -2.27. The molecule has 1 atom stereocenters. The highest BCUT2D eigenvalue weighted by molar-refractivity contribution is 7.89. The molecule has 1 heterocycles. The predicted molar refractivity (Wildman–Crippen MR) is 55.6 cm³/mol. The minimum atomic E-state index is -3.04. The quantitative estimate of drug-likeness (QED) is 0.709. The summed E-state index contributed by atoms with van der Waals surface area (Å²) in [5, 5.41) is 3.11. The Labute approximate surface area is 85.5 Å². The zero-order valence-electron chi connectivity index (χ0n) is 8.33. The molecule has 1 saturated carbocycles. The van der Waals surface area contributed by atoms with E-state index in [2.05, 4.69) is 10.0 Å². The summed E-state index contributed by atoms with van der Waals surface area (Å²) in [6.45, 7) is 0.962. The van der Waals surface area contributed by atoms with Crippen LogP contribution in [0.4, 0.5) is 0 Å². The van der Waals surface area contributed by atoms with Crippen LogP contribution in [0.1, 0.15) is 32.1 Å². The summed E-state index contributed by atoms with van der Waals surface area (Å²) in [5.41, 5.74) is 0. The summed E-state index contributed by atoms with van der Waals surface area (Å²) >= 11 is 0. The lowest BCUT2D eigenvalue weighted by molar-refractivity contribution is 0.396. The molecule has 4 nitrogen and oxygen atoms in total. The van der Waals surface area contributed by atoms with E-state index in [0.717, 1.165) is 38.6 Å². The third-order valence-electron chi connectivity index (χ3n) is 3.05. The second-order valence-corrected chi connectivity index (χ2v) is 6.12. The number of hydrogen-bond acceptors (Lipinski definition) is 3. The summed E-state index contributed by atoms with van der Waals surface area (Å²) in [7, 11) is -3.04. The average Bonchev–Trinajstić information content (AvgIpc) is 2.49. The molecule has 1 unspecified atom stereocenters. The van der Waals surface area contributed by atoms with Gasteiger partial charge in [-0.2, -0.15) is 0 Å². The SMILES string of the molecule is O=S(=O)(CC1CCN1)NC1CCCC1. The van der Waals surface area contributed by atoms with E-state index in [1.807, 2.05) is 0 Å². The Morgan fingerprint density at radius 3 is 2.36 bits per heavy atom. The van der Waals surface area contributed by atoms with Gasteiger partial charge in [0.05, 0.1) is 5.75 Å². The Kier molecular flexibility index (Phi) is 3.09. The van der Waals surface area contributed by atoms with Gasteiger partial charge in [-0.05, 0) is 25.8 Å². The number of sulfonamides is 1. The van der Waals surface area contributed by atoms with Crippen LogP contribution in [-0.4, -0.2) is 32.8 Å². The molecule has 2 rings (SSSR count). The minimum Gasteiger partial charge on any atom is -0.313 e. The summed E-state index contributed by atoms with van der Waals surface area (Å²) in [4.78, 5) is 0. The summed E-state index contributed by atoms with van der Waals surface area (Å²) in [6.07, 6.45) is 5.34. The van der Waals surface area contributed by atoms with E-state index >= 15 is 0 Å². The molecule has 82 valence electrons. The van der Waals surface area contributed by atoms with Gasteiger partial charge in [-0.1, -0.05) is 12.8 Å². The van der Waals surface area contributed by atoms with Gasteiger partial charge in [0.25, 0.3) is 0 Å². The van der Waals surface area contributed by atoms with Gasteiger partial charge >= 0.3 is 0 Å². The largest absolute Gasteiger partial charge is 0.313 e. The van der Waals surface area contributed by atoms with E-state index in [4.69, 9.17) is 0 Å². The molecule has 1 saturated heterocycles. The van der Waals surface area contributed by atoms with Crippen LogP contribution in [0, 0.1) is 0 Å². The summed E-state index contributed by atoms with van der Waals surface area (Å²) in [5.74, 6) is 0.253. The van der Waals surface area contributed by atoms with Gasteiger partial charge < -0.3 is 5.32 Å². The lowest BCUT2D eigenvalue weighted by atomic mass is 10.1. The Morgan fingerprint density at radius 2 is 1.86 bits per heavy atom. The molecule has 0 aromatic carbocycles. The monoisotopic (exact) mass is 218 g/mol. The van der Waals surface area contributed by atoms with Crippen molar-refractivity contribution in [1.82, 2.24) is 10.0 Å². The van der Waals surface area contributed by atoms with E-state index in [-0.39, 0.29) is 17.8 Å². The third kappa shape index (κ3) is 2.68. The van der Waals surface area contributed by atoms with Crippen LogP contribution < -0.4 is 10.0 Å². The van der Waals surface area contributed by atoms with Gasteiger partial charge in [-0.3, -0.25) is 0 Å². The predicted octanol–water partition coefficient (Wildman–Crippen LogP) is 0.210. The molecule has 0 amide bonds. The van der Waals surface area contributed by atoms with Gasteiger partial charge in [-0.25, -0.2) is 13.1 Å². The highest BCUT2D eigenvalue weighted by Crippen LogP contribution is 2.18. The van der Waals surface area contributed by atoms with E-state index in [1.165, 1.54) is 0 Å². The summed E-state index contributed by atoms with van der Waals surface area (Å²) < 4.78 is 26.1. The van der Waals surface area contributed by atoms with Gasteiger partial charge in [0.15, 0.2) is 0 Å². The van der Waals surface area contributed by atoms with Crippen LogP contribution >= 0.6 is 0 Å². The average molecular weight is 218 g/mol. The van der Waals surface area contributed by atoms with Crippen molar-refractivity contribution in [3.8, 4) is 0 Å². The molecule has 0 radical (unpaired) electrons. The second kappa shape index (κ2) is 4.16. The number of nitrogens with one attached hydrogen (secondary N) is 2. The van der Waals surface area contributed by atoms with E-state index in [1.54, 1.807) is 0 Å². The molecule has 5 heteroatoms. The Bertz CT molecular complexity index is 279. The normalized spacial score (nSPS) is 29.0. The molecular formula is C9H18N2O2S. The second-order valence-electron chi connectivity index (χ2n) is 4.32. The first-order valence-corrected chi connectivity index (χ1v) is 7.04. The molecule has 0 aromatic heterocycles. The van der Waals surface area contributed by atoms with Gasteiger partial charge in [0.1, 0.15) is 0 Å². The molecule has 0 aromatic rings. The fraction of sp³-hybridized carbons (Fsp3) is 1.00. The van der Waals surface area contributed by atoms with Crippen molar-refractivity contribution in [2.24, 2.45) is 0 Å². The molecule has 2 aliphatic rings. The van der Waals surface area contributed by atoms with E-state index < -0.39 is 10.0 Å². The molecule has 0 bridgehead atoms. The molecule has 2 N–H and O–H groups in total. The Morgan fingerprint density at radius 1 is 1.21 bits per heavy atom. The van der Waals surface area contributed by atoms with Crippen LogP contribution in [0.5, 0.6) is 0 Å². The van der Waals surface area contributed by atoms with Crippen molar-refractivity contribution in [3.05, 3.63) is 0 Å². The van der Waals surface area contributed by atoms with Crippen LogP contribution in [-0.2, 0) is 10.0 Å². The maximum Gasteiger partial charge on any atom is 0.213 e. The molecular weight excluding hydrogens is 200 g/mol. The fourth-order valence-corrected chi connectivity index (χ4v) is 3.76. The topological polar surface area (TPSA) is 58.2 Å². The van der Waals surface area contributed by atoms with E-state index in [9.17, 15) is 8.42 Å². The standard InChI is InChI=1S/C9H18N2O2S/c12-14(13,7-9-5-6-10-9)11-8-3-1-2-4-8/h8-11H,1-7H2. The highest BCUT2D eigenvalue weighted by atomic mass is 32.2. The minimum absolute atomic E-state index is 0.189. The molecule has 1 aliphatic carbocycles. The first kappa shape index (κ1) is 10.4.